The molecule has 3 N–H and O–H groups in total. The molecule has 3 rings (SSSR count). The van der Waals surface area contributed by atoms with Crippen LogP contribution in [-0.2, 0) is 0 Å². The quantitative estimate of drug-likeness (QED) is 0.607. The second kappa shape index (κ2) is 8.60. The Morgan fingerprint density at radius 2 is 1.48 bits per heavy atom. The molecule has 3 amide bonds. The van der Waals surface area contributed by atoms with Crippen LogP contribution in [-0.4, -0.2) is 27.8 Å². The van der Waals surface area contributed by atoms with E-state index in [-0.39, 0.29) is 18.0 Å². The van der Waals surface area contributed by atoms with Crippen molar-refractivity contribution in [3.8, 4) is 5.69 Å². The fourth-order valence-corrected chi connectivity index (χ4v) is 2.91. The molecule has 1 aromatic heterocycles. The van der Waals surface area contributed by atoms with Crippen molar-refractivity contribution in [2.24, 2.45) is 0 Å². The molecule has 0 saturated carbocycles. The maximum Gasteiger partial charge on any atom is 0.319 e. The van der Waals surface area contributed by atoms with Crippen molar-refractivity contribution in [3.05, 3.63) is 71.5 Å². The number of amides is 3. The molecule has 7 heteroatoms. The van der Waals surface area contributed by atoms with Crippen LogP contribution >= 0.6 is 0 Å². The predicted molar refractivity (Wildman–Crippen MR) is 115 cm³/mol. The number of hydrogen-bond acceptors (Lipinski definition) is 3. The normalized spacial score (nSPS) is 10.7. The molecule has 0 unspecified atom stereocenters. The summed E-state index contributed by atoms with van der Waals surface area (Å²) in [4.78, 5) is 24.2. The molecular weight excluding hydrogens is 366 g/mol. The fourth-order valence-electron chi connectivity index (χ4n) is 2.91. The van der Waals surface area contributed by atoms with Gasteiger partial charge in [0.25, 0.3) is 5.91 Å². The number of aromatic nitrogens is 2. The van der Waals surface area contributed by atoms with Gasteiger partial charge in [0, 0.05) is 28.7 Å². The highest BCUT2D eigenvalue weighted by molar-refractivity contribution is 6.04. The van der Waals surface area contributed by atoms with Crippen molar-refractivity contribution in [1.82, 2.24) is 15.1 Å². The van der Waals surface area contributed by atoms with E-state index in [0.717, 1.165) is 17.1 Å². The number of carbonyl (C=O) groups is 2. The number of nitrogens with zero attached hydrogens (tertiary/aromatic N) is 2. The third-order valence-corrected chi connectivity index (χ3v) is 4.20. The van der Waals surface area contributed by atoms with E-state index < -0.39 is 0 Å². The first-order valence-corrected chi connectivity index (χ1v) is 9.44. The molecule has 0 radical (unpaired) electrons. The summed E-state index contributed by atoms with van der Waals surface area (Å²) in [6, 6.07) is 16.0. The van der Waals surface area contributed by atoms with Crippen molar-refractivity contribution in [2.75, 3.05) is 10.6 Å². The number of hydrogen-bond donors (Lipinski definition) is 3. The molecule has 2 aromatic carbocycles. The van der Waals surface area contributed by atoms with Gasteiger partial charge < -0.3 is 16.0 Å². The zero-order chi connectivity index (χ0) is 21.0. The smallest absolute Gasteiger partial charge is 0.319 e. The maximum absolute atomic E-state index is 12.5. The lowest BCUT2D eigenvalue weighted by atomic mass is 10.2. The van der Waals surface area contributed by atoms with E-state index in [1.807, 2.05) is 50.6 Å². The third-order valence-electron chi connectivity index (χ3n) is 4.20. The van der Waals surface area contributed by atoms with E-state index in [2.05, 4.69) is 21.0 Å². The van der Waals surface area contributed by atoms with Crippen LogP contribution in [0, 0.1) is 13.8 Å². The Bertz CT molecular complexity index is 1000. The summed E-state index contributed by atoms with van der Waals surface area (Å²) in [5.41, 5.74) is 4.73. The number of nitrogens with one attached hydrogen (secondary N) is 3. The molecule has 0 saturated heterocycles. The van der Waals surface area contributed by atoms with Crippen LogP contribution in [0.2, 0.25) is 0 Å². The SMILES string of the molecule is Cc1cc(C)n(-c2ccc(C(=O)Nc3ccc(NC(=O)NC(C)C)cc3)cc2)n1. The van der Waals surface area contributed by atoms with Crippen LogP contribution in [0.3, 0.4) is 0 Å². The van der Waals surface area contributed by atoms with Gasteiger partial charge in [-0.15, -0.1) is 0 Å². The lowest BCUT2D eigenvalue weighted by molar-refractivity contribution is 0.102. The molecule has 3 aromatic rings. The van der Waals surface area contributed by atoms with Crippen LogP contribution < -0.4 is 16.0 Å². The molecule has 0 aliphatic carbocycles. The van der Waals surface area contributed by atoms with Gasteiger partial charge in [0.2, 0.25) is 0 Å². The average molecular weight is 391 g/mol. The first-order valence-electron chi connectivity index (χ1n) is 9.44. The van der Waals surface area contributed by atoms with Gasteiger partial charge in [-0.05, 0) is 82.3 Å². The van der Waals surface area contributed by atoms with Crippen molar-refractivity contribution in [2.45, 2.75) is 33.7 Å². The lowest BCUT2D eigenvalue weighted by Crippen LogP contribution is -2.34. The second-order valence-electron chi connectivity index (χ2n) is 7.17. The number of benzene rings is 2. The molecule has 0 aliphatic heterocycles. The molecule has 0 aliphatic rings. The van der Waals surface area contributed by atoms with E-state index in [1.54, 1.807) is 36.4 Å². The Morgan fingerprint density at radius 1 is 0.897 bits per heavy atom. The van der Waals surface area contributed by atoms with Gasteiger partial charge in [-0.1, -0.05) is 0 Å². The first kappa shape index (κ1) is 20.1. The number of aryl methyl sites for hydroxylation is 2. The number of urea groups is 1. The van der Waals surface area contributed by atoms with Gasteiger partial charge >= 0.3 is 6.03 Å². The van der Waals surface area contributed by atoms with Crippen LogP contribution in [0.1, 0.15) is 35.6 Å². The Balaban J connectivity index is 1.62. The Morgan fingerprint density at radius 3 is 2.00 bits per heavy atom. The summed E-state index contributed by atoms with van der Waals surface area (Å²) in [6.07, 6.45) is 0. The zero-order valence-corrected chi connectivity index (χ0v) is 17.0. The minimum atomic E-state index is -0.264. The molecule has 0 atom stereocenters. The van der Waals surface area contributed by atoms with Crippen LogP contribution in [0.15, 0.2) is 54.6 Å². The summed E-state index contributed by atoms with van der Waals surface area (Å²) in [7, 11) is 0. The zero-order valence-electron chi connectivity index (χ0n) is 17.0. The van der Waals surface area contributed by atoms with Gasteiger partial charge in [-0.25, -0.2) is 9.48 Å². The van der Waals surface area contributed by atoms with E-state index >= 15 is 0 Å². The highest BCUT2D eigenvalue weighted by atomic mass is 16.2. The van der Waals surface area contributed by atoms with Crippen LogP contribution in [0.4, 0.5) is 16.2 Å². The molecule has 7 nitrogen and oxygen atoms in total. The third kappa shape index (κ3) is 5.22. The summed E-state index contributed by atoms with van der Waals surface area (Å²) >= 11 is 0. The van der Waals surface area contributed by atoms with E-state index in [4.69, 9.17) is 0 Å². The summed E-state index contributed by atoms with van der Waals surface area (Å²) < 4.78 is 1.85. The fraction of sp³-hybridized carbons (Fsp3) is 0.227. The van der Waals surface area contributed by atoms with Crippen molar-refractivity contribution in [1.29, 1.82) is 0 Å². The Labute approximate surface area is 170 Å². The molecule has 1 heterocycles. The number of rotatable bonds is 5. The van der Waals surface area contributed by atoms with Gasteiger partial charge in [-0.3, -0.25) is 4.79 Å². The summed E-state index contributed by atoms with van der Waals surface area (Å²) in [6.45, 7) is 7.72. The highest BCUT2D eigenvalue weighted by Crippen LogP contribution is 2.16. The molecule has 29 heavy (non-hydrogen) atoms. The standard InChI is InChI=1S/C22H25N5O2/c1-14(2)23-22(29)25-19-9-7-18(8-10-19)24-21(28)17-5-11-20(12-6-17)27-16(4)13-15(3)26-27/h5-14H,1-4H3,(H,24,28)(H2,23,25,29). The van der Waals surface area contributed by atoms with Gasteiger partial charge in [0.05, 0.1) is 11.4 Å². The van der Waals surface area contributed by atoms with Crippen LogP contribution in [0.5, 0.6) is 0 Å². The topological polar surface area (TPSA) is 88.0 Å². The molecule has 0 fully saturated rings. The Kier molecular flexibility index (Phi) is 5.97. The van der Waals surface area contributed by atoms with E-state index in [0.29, 0.717) is 16.9 Å². The van der Waals surface area contributed by atoms with Crippen molar-refractivity contribution in [3.63, 3.8) is 0 Å². The van der Waals surface area contributed by atoms with Gasteiger partial charge in [0.15, 0.2) is 0 Å². The van der Waals surface area contributed by atoms with Crippen molar-refractivity contribution < 1.29 is 9.59 Å². The van der Waals surface area contributed by atoms with Gasteiger partial charge in [0.1, 0.15) is 0 Å². The number of carbonyl (C=O) groups excluding carboxylic acids is 2. The average Bonchev–Trinajstić information content (AvgIpc) is 3.01. The first-order chi connectivity index (χ1) is 13.8. The second-order valence-corrected chi connectivity index (χ2v) is 7.17. The molecule has 0 bridgehead atoms. The molecule has 0 spiro atoms. The monoisotopic (exact) mass is 391 g/mol. The minimum Gasteiger partial charge on any atom is -0.336 e. The van der Waals surface area contributed by atoms with Crippen LogP contribution in [0.25, 0.3) is 5.69 Å². The predicted octanol–water partition coefficient (Wildman–Crippen LogP) is 4.27. The Hall–Kier alpha value is -3.61. The highest BCUT2D eigenvalue weighted by Gasteiger charge is 2.09. The van der Waals surface area contributed by atoms with Gasteiger partial charge in [-0.2, -0.15) is 5.10 Å². The lowest BCUT2D eigenvalue weighted by Gasteiger charge is -2.11. The maximum atomic E-state index is 12.5. The van der Waals surface area contributed by atoms with E-state index in [9.17, 15) is 9.59 Å². The summed E-state index contributed by atoms with van der Waals surface area (Å²) in [5.74, 6) is -0.205. The number of anilines is 2. The molecule has 150 valence electrons. The van der Waals surface area contributed by atoms with E-state index in [1.165, 1.54) is 0 Å². The molecular formula is C22H25N5O2. The van der Waals surface area contributed by atoms with Crippen molar-refractivity contribution >= 4 is 23.3 Å². The largest absolute Gasteiger partial charge is 0.336 e. The summed E-state index contributed by atoms with van der Waals surface area (Å²) in [5, 5.41) is 12.8. The minimum absolute atomic E-state index is 0.0567.